The molecule has 70 valence electrons. The van der Waals surface area contributed by atoms with Gasteiger partial charge in [-0.3, -0.25) is 0 Å². The van der Waals surface area contributed by atoms with Crippen LogP contribution in [0.2, 0.25) is 0 Å². The van der Waals surface area contributed by atoms with Crippen LogP contribution in [0.15, 0.2) is 10.1 Å². The molecular formula is C5H3Cl5O2. The van der Waals surface area contributed by atoms with Crippen molar-refractivity contribution in [3.8, 4) is 0 Å². The summed E-state index contributed by atoms with van der Waals surface area (Å²) >= 11 is 26.8. The van der Waals surface area contributed by atoms with Gasteiger partial charge in [-0.1, -0.05) is 58.0 Å². The first-order valence-corrected chi connectivity index (χ1v) is 4.40. The third-order valence-corrected chi connectivity index (χ3v) is 2.58. The number of alkyl halides is 3. The van der Waals surface area contributed by atoms with E-state index >= 15 is 0 Å². The molecule has 0 bridgehead atoms. The minimum atomic E-state index is -1.91. The van der Waals surface area contributed by atoms with Crippen molar-refractivity contribution in [3.63, 3.8) is 0 Å². The number of methoxy groups -OCH3 is 1. The fraction of sp³-hybridized carbons (Fsp3) is 0.400. The molecule has 0 aliphatic carbocycles. The Morgan fingerprint density at radius 2 is 1.67 bits per heavy atom. The van der Waals surface area contributed by atoms with Gasteiger partial charge >= 0.3 is 5.97 Å². The lowest BCUT2D eigenvalue weighted by Crippen LogP contribution is -2.09. The van der Waals surface area contributed by atoms with Gasteiger partial charge in [-0.25, -0.2) is 4.79 Å². The molecule has 0 unspecified atom stereocenters. The maximum atomic E-state index is 10.7. The number of ether oxygens (including phenoxy) is 1. The molecule has 0 N–H and O–H groups in total. The summed E-state index contributed by atoms with van der Waals surface area (Å²) in [6.45, 7) is 0. The summed E-state index contributed by atoms with van der Waals surface area (Å²) in [7, 11) is 1.13. The summed E-state index contributed by atoms with van der Waals surface area (Å²) < 4.78 is 2.33. The summed E-state index contributed by atoms with van der Waals surface area (Å²) in [5.74, 6) is -0.854. The van der Waals surface area contributed by atoms with Gasteiger partial charge in [0.15, 0.2) is 0 Å². The zero-order chi connectivity index (χ0) is 9.94. The van der Waals surface area contributed by atoms with Crippen molar-refractivity contribution in [1.82, 2.24) is 0 Å². The van der Waals surface area contributed by atoms with Crippen molar-refractivity contribution in [1.29, 1.82) is 0 Å². The Labute approximate surface area is 94.3 Å². The number of halogens is 5. The molecule has 0 spiro atoms. The third-order valence-electron chi connectivity index (χ3n) is 0.806. The largest absolute Gasteiger partial charge is 0.465 e. The Morgan fingerprint density at radius 1 is 1.25 bits per heavy atom. The van der Waals surface area contributed by atoms with Crippen LogP contribution < -0.4 is 0 Å². The Kier molecular flexibility index (Phi) is 5.04. The number of allylic oxidation sites excluding steroid dienone is 1. The fourth-order valence-electron chi connectivity index (χ4n) is 0.304. The van der Waals surface area contributed by atoms with Crippen molar-refractivity contribution >= 4 is 64.0 Å². The van der Waals surface area contributed by atoms with Gasteiger partial charge < -0.3 is 4.74 Å². The van der Waals surface area contributed by atoms with Gasteiger partial charge in [0.2, 0.25) is 3.79 Å². The normalized spacial score (nSPS) is 13.8. The highest BCUT2D eigenvalue weighted by molar-refractivity contribution is 6.74. The first-order chi connectivity index (χ1) is 5.30. The Morgan fingerprint density at radius 3 is 1.92 bits per heavy atom. The number of carbonyl (C=O) groups excluding carboxylic acids is 1. The van der Waals surface area contributed by atoms with Crippen LogP contribution in [0.3, 0.4) is 0 Å². The summed E-state index contributed by atoms with van der Waals surface area (Å²) in [6, 6.07) is 0. The van der Waals surface area contributed by atoms with E-state index in [4.69, 9.17) is 58.0 Å². The van der Waals surface area contributed by atoms with Crippen LogP contribution in [-0.4, -0.2) is 16.9 Å². The molecule has 0 saturated carbocycles. The lowest BCUT2D eigenvalue weighted by Gasteiger charge is -2.10. The van der Waals surface area contributed by atoms with Crippen molar-refractivity contribution in [2.24, 2.45) is 0 Å². The molecule has 0 saturated heterocycles. The monoisotopic (exact) mass is 270 g/mol. The molecule has 0 fully saturated rings. The van der Waals surface area contributed by atoms with Crippen LogP contribution in [0, 0.1) is 0 Å². The van der Waals surface area contributed by atoms with E-state index < -0.39 is 14.8 Å². The smallest absolute Gasteiger partial charge is 0.350 e. The van der Waals surface area contributed by atoms with E-state index in [-0.39, 0.29) is 5.03 Å². The molecule has 0 atom stereocenters. The minimum Gasteiger partial charge on any atom is -0.465 e. The predicted octanol–water partition coefficient (Wildman–Crippen LogP) is 3.22. The third kappa shape index (κ3) is 3.58. The van der Waals surface area contributed by atoms with Gasteiger partial charge in [-0.15, -0.1) is 0 Å². The maximum Gasteiger partial charge on any atom is 0.350 e. The molecule has 7 heteroatoms. The highest BCUT2D eigenvalue weighted by Crippen LogP contribution is 2.39. The van der Waals surface area contributed by atoms with Gasteiger partial charge in [0, 0.05) is 0 Å². The van der Waals surface area contributed by atoms with Crippen LogP contribution in [-0.2, 0) is 9.53 Å². The highest BCUT2D eigenvalue weighted by atomic mass is 35.6. The van der Waals surface area contributed by atoms with Crippen LogP contribution >= 0.6 is 58.0 Å². The molecule has 0 heterocycles. The van der Waals surface area contributed by atoms with E-state index in [0.29, 0.717) is 0 Å². The Bertz CT molecular complexity index is 216. The second-order valence-electron chi connectivity index (χ2n) is 1.62. The number of esters is 1. The molecule has 12 heavy (non-hydrogen) atoms. The van der Waals surface area contributed by atoms with Gasteiger partial charge in [0.05, 0.1) is 12.1 Å². The van der Waals surface area contributed by atoms with E-state index in [2.05, 4.69) is 4.74 Å². The minimum absolute atomic E-state index is 0.388. The summed E-state index contributed by atoms with van der Waals surface area (Å²) in [6.07, 6.45) is 0. The molecule has 0 radical (unpaired) electrons. The maximum absolute atomic E-state index is 10.7. The molecule has 2 nitrogen and oxygen atoms in total. The van der Waals surface area contributed by atoms with Crippen LogP contribution in [0.4, 0.5) is 0 Å². The fourth-order valence-corrected chi connectivity index (χ4v) is 1.03. The van der Waals surface area contributed by atoms with Crippen molar-refractivity contribution in [2.45, 2.75) is 3.79 Å². The molecule has 0 amide bonds. The zero-order valence-corrected chi connectivity index (χ0v) is 9.49. The summed E-state index contributed by atoms with van der Waals surface area (Å²) in [5.41, 5.74) is 0. The van der Waals surface area contributed by atoms with Gasteiger partial charge in [0.1, 0.15) is 5.03 Å². The molecule has 0 aromatic heterocycles. The average Bonchev–Trinajstić information content (AvgIpc) is 1.98. The molecule has 0 aliphatic heterocycles. The van der Waals surface area contributed by atoms with E-state index in [1.807, 2.05) is 0 Å². The SMILES string of the molecule is COC(=O)C(Cl)=C(Cl)C(Cl)(Cl)Cl. The second kappa shape index (κ2) is 4.77. The second-order valence-corrected chi connectivity index (χ2v) is 4.65. The van der Waals surface area contributed by atoms with Crippen LogP contribution in [0.25, 0.3) is 0 Å². The molecule has 0 rings (SSSR count). The van der Waals surface area contributed by atoms with Crippen LogP contribution in [0.1, 0.15) is 0 Å². The summed E-state index contributed by atoms with van der Waals surface area (Å²) in [5, 5.41) is -0.833. The van der Waals surface area contributed by atoms with E-state index in [1.165, 1.54) is 0 Å². The average molecular weight is 272 g/mol. The lowest BCUT2D eigenvalue weighted by atomic mass is 10.5. The first kappa shape index (κ1) is 12.7. The van der Waals surface area contributed by atoms with Gasteiger partial charge in [-0.2, -0.15) is 0 Å². The summed E-state index contributed by atoms with van der Waals surface area (Å²) in [4.78, 5) is 10.7. The number of rotatable bonds is 1. The number of carbonyl (C=O) groups is 1. The first-order valence-electron chi connectivity index (χ1n) is 2.51. The van der Waals surface area contributed by atoms with Crippen molar-refractivity contribution in [3.05, 3.63) is 10.1 Å². The highest BCUT2D eigenvalue weighted by Gasteiger charge is 2.30. The number of hydrogen-bond acceptors (Lipinski definition) is 2. The Hall–Kier alpha value is 0.660. The molecular weight excluding hydrogens is 269 g/mol. The van der Waals surface area contributed by atoms with Crippen molar-refractivity contribution < 1.29 is 9.53 Å². The number of hydrogen-bond donors (Lipinski definition) is 0. The van der Waals surface area contributed by atoms with Crippen molar-refractivity contribution in [2.75, 3.05) is 7.11 Å². The van der Waals surface area contributed by atoms with Gasteiger partial charge in [0.25, 0.3) is 0 Å². The topological polar surface area (TPSA) is 26.3 Å². The predicted molar refractivity (Wildman–Crippen MR) is 51.0 cm³/mol. The van der Waals surface area contributed by atoms with Crippen LogP contribution in [0.5, 0.6) is 0 Å². The molecule has 0 aliphatic rings. The van der Waals surface area contributed by atoms with E-state index in [9.17, 15) is 4.79 Å². The quantitative estimate of drug-likeness (QED) is 0.416. The zero-order valence-electron chi connectivity index (χ0n) is 5.71. The Balaban J connectivity index is 4.82. The molecule has 0 aromatic rings. The molecule has 0 aromatic carbocycles. The van der Waals surface area contributed by atoms with E-state index in [0.717, 1.165) is 7.11 Å². The van der Waals surface area contributed by atoms with Gasteiger partial charge in [-0.05, 0) is 0 Å². The standard InChI is InChI=1S/C5H3Cl5O2/c1-12-4(11)2(6)3(7)5(8,9)10/h1H3. The van der Waals surface area contributed by atoms with E-state index in [1.54, 1.807) is 0 Å². The lowest BCUT2D eigenvalue weighted by molar-refractivity contribution is -0.135.